The van der Waals surface area contributed by atoms with Crippen LogP contribution < -0.4 is 5.32 Å². The highest BCUT2D eigenvalue weighted by Gasteiger charge is 2.10. The van der Waals surface area contributed by atoms with Crippen molar-refractivity contribution in [2.24, 2.45) is 0 Å². The van der Waals surface area contributed by atoms with E-state index in [2.05, 4.69) is 27.8 Å². The molecule has 0 radical (unpaired) electrons. The summed E-state index contributed by atoms with van der Waals surface area (Å²) >= 11 is 3.02. The van der Waals surface area contributed by atoms with Crippen LogP contribution in [0.25, 0.3) is 0 Å². The molecular formula is C11H11BrFNO2. The number of carbonyl (C=O) groups excluding carboxylic acids is 1. The number of nitrogens with one attached hydrogen (secondary N) is 1. The Balaban J connectivity index is 2.65. The van der Waals surface area contributed by atoms with Crippen LogP contribution in [-0.4, -0.2) is 17.6 Å². The molecule has 1 amide bonds. The van der Waals surface area contributed by atoms with Gasteiger partial charge in [0.25, 0.3) is 0 Å². The average molecular weight is 288 g/mol. The lowest BCUT2D eigenvalue weighted by atomic mass is 10.1. The third kappa shape index (κ3) is 3.43. The number of carbonyl (C=O) groups is 1. The molecule has 0 aliphatic heterocycles. The first-order chi connectivity index (χ1) is 7.54. The first-order valence-corrected chi connectivity index (χ1v) is 5.37. The summed E-state index contributed by atoms with van der Waals surface area (Å²) in [6, 6.07) is 4.18. The van der Waals surface area contributed by atoms with Crippen molar-refractivity contribution in [1.29, 1.82) is 0 Å². The highest BCUT2D eigenvalue weighted by atomic mass is 79.9. The molecule has 0 unspecified atom stereocenters. The van der Waals surface area contributed by atoms with Crippen LogP contribution in [0.15, 0.2) is 35.3 Å². The maximum absolute atomic E-state index is 12.9. The quantitative estimate of drug-likeness (QED) is 0.832. The molecule has 1 atom stereocenters. The molecule has 0 aromatic heterocycles. The van der Waals surface area contributed by atoms with Gasteiger partial charge in [-0.3, -0.25) is 4.79 Å². The molecule has 1 aromatic carbocycles. The normalized spacial score (nSPS) is 11.9. The first kappa shape index (κ1) is 12.9. The summed E-state index contributed by atoms with van der Waals surface area (Å²) in [7, 11) is 0. The molecule has 5 heteroatoms. The molecule has 2 N–H and O–H groups in total. The van der Waals surface area contributed by atoms with Gasteiger partial charge < -0.3 is 10.4 Å². The van der Waals surface area contributed by atoms with E-state index < -0.39 is 11.9 Å². The van der Waals surface area contributed by atoms with Crippen LogP contribution in [0.5, 0.6) is 0 Å². The molecule has 3 nitrogen and oxygen atoms in total. The second-order valence-corrected chi connectivity index (χ2v) is 3.99. The van der Waals surface area contributed by atoms with Gasteiger partial charge in [0, 0.05) is 6.54 Å². The van der Waals surface area contributed by atoms with E-state index in [4.69, 9.17) is 0 Å². The van der Waals surface area contributed by atoms with Crippen LogP contribution in [0, 0.1) is 5.82 Å². The number of benzene rings is 1. The van der Waals surface area contributed by atoms with E-state index in [0.29, 0.717) is 5.56 Å². The molecule has 0 spiro atoms. The van der Waals surface area contributed by atoms with Crippen LogP contribution in [0.4, 0.5) is 4.39 Å². The molecule has 0 bridgehead atoms. The van der Waals surface area contributed by atoms with Gasteiger partial charge in [-0.2, -0.15) is 0 Å². The Morgan fingerprint density at radius 2 is 2.38 bits per heavy atom. The molecular weight excluding hydrogens is 277 g/mol. The summed E-state index contributed by atoms with van der Waals surface area (Å²) < 4.78 is 13.2. The van der Waals surface area contributed by atoms with Crippen molar-refractivity contribution in [2.45, 2.75) is 6.10 Å². The number of rotatable bonds is 4. The zero-order chi connectivity index (χ0) is 12.1. The SMILES string of the molecule is C=CC(=O)NC[C@H](O)c1ccc(F)c(Br)c1. The van der Waals surface area contributed by atoms with E-state index in [1.807, 2.05) is 0 Å². The van der Waals surface area contributed by atoms with E-state index in [9.17, 15) is 14.3 Å². The molecule has 1 rings (SSSR count). The minimum absolute atomic E-state index is 0.0585. The predicted octanol–water partition coefficient (Wildman–Crippen LogP) is 1.92. The Morgan fingerprint density at radius 3 is 2.94 bits per heavy atom. The van der Waals surface area contributed by atoms with Gasteiger partial charge in [0.2, 0.25) is 5.91 Å². The molecule has 0 saturated carbocycles. The Morgan fingerprint density at radius 1 is 1.69 bits per heavy atom. The number of aliphatic hydroxyl groups is 1. The van der Waals surface area contributed by atoms with Crippen LogP contribution >= 0.6 is 15.9 Å². The van der Waals surface area contributed by atoms with Crippen LogP contribution in [0.1, 0.15) is 11.7 Å². The van der Waals surface area contributed by atoms with Crippen LogP contribution in [0.3, 0.4) is 0 Å². The standard InChI is InChI=1S/C11H11BrFNO2/c1-2-11(16)14-6-10(15)7-3-4-9(13)8(12)5-7/h2-5,10,15H,1,6H2,(H,14,16)/t10-/m0/s1. The fraction of sp³-hybridized carbons (Fsp3) is 0.182. The highest BCUT2D eigenvalue weighted by molar-refractivity contribution is 9.10. The van der Waals surface area contributed by atoms with Gasteiger partial charge >= 0.3 is 0 Å². The molecule has 0 saturated heterocycles. The van der Waals surface area contributed by atoms with E-state index in [-0.39, 0.29) is 16.9 Å². The summed E-state index contributed by atoms with van der Waals surface area (Å²) in [4.78, 5) is 10.9. The maximum atomic E-state index is 12.9. The van der Waals surface area contributed by atoms with Gasteiger partial charge in [0.1, 0.15) is 5.82 Å². The molecule has 0 aliphatic carbocycles. The fourth-order valence-electron chi connectivity index (χ4n) is 1.11. The van der Waals surface area contributed by atoms with Crippen molar-refractivity contribution in [3.63, 3.8) is 0 Å². The minimum Gasteiger partial charge on any atom is -0.387 e. The fourth-order valence-corrected chi connectivity index (χ4v) is 1.50. The van der Waals surface area contributed by atoms with Gasteiger partial charge in [-0.05, 0) is 39.7 Å². The Hall–Kier alpha value is -1.20. The Kier molecular flexibility index (Phi) is 4.64. The zero-order valence-corrected chi connectivity index (χ0v) is 10.00. The van der Waals surface area contributed by atoms with Gasteiger partial charge in [0.15, 0.2) is 0 Å². The first-order valence-electron chi connectivity index (χ1n) is 4.58. The molecule has 16 heavy (non-hydrogen) atoms. The van der Waals surface area contributed by atoms with Crippen molar-refractivity contribution in [3.05, 3.63) is 46.7 Å². The van der Waals surface area contributed by atoms with E-state index in [1.54, 1.807) is 0 Å². The molecule has 0 aliphatic rings. The Bertz CT molecular complexity index is 409. The van der Waals surface area contributed by atoms with E-state index in [1.165, 1.54) is 18.2 Å². The van der Waals surface area contributed by atoms with E-state index in [0.717, 1.165) is 6.08 Å². The minimum atomic E-state index is -0.874. The lowest BCUT2D eigenvalue weighted by Crippen LogP contribution is -2.26. The van der Waals surface area contributed by atoms with Gasteiger partial charge in [-0.15, -0.1) is 0 Å². The summed E-state index contributed by atoms with van der Waals surface area (Å²) in [5.74, 6) is -0.758. The number of halogens is 2. The number of aliphatic hydroxyl groups excluding tert-OH is 1. The summed E-state index contributed by atoms with van der Waals surface area (Å²) in [6.07, 6.45) is 0.244. The average Bonchev–Trinajstić information content (AvgIpc) is 2.29. The Labute approximate surface area is 101 Å². The largest absolute Gasteiger partial charge is 0.387 e. The van der Waals surface area contributed by atoms with Crippen LogP contribution in [0.2, 0.25) is 0 Å². The van der Waals surface area contributed by atoms with Crippen molar-refractivity contribution >= 4 is 21.8 Å². The summed E-state index contributed by atoms with van der Waals surface area (Å²) in [5.41, 5.74) is 0.526. The lowest BCUT2D eigenvalue weighted by molar-refractivity contribution is -0.116. The predicted molar refractivity (Wildman–Crippen MR) is 62.3 cm³/mol. The molecule has 0 heterocycles. The highest BCUT2D eigenvalue weighted by Crippen LogP contribution is 2.20. The monoisotopic (exact) mass is 287 g/mol. The maximum Gasteiger partial charge on any atom is 0.243 e. The van der Waals surface area contributed by atoms with Crippen molar-refractivity contribution in [2.75, 3.05) is 6.54 Å². The number of hydrogen-bond donors (Lipinski definition) is 2. The molecule has 86 valence electrons. The van der Waals surface area contributed by atoms with Gasteiger partial charge in [-0.1, -0.05) is 12.6 Å². The number of hydrogen-bond acceptors (Lipinski definition) is 2. The zero-order valence-electron chi connectivity index (χ0n) is 8.41. The van der Waals surface area contributed by atoms with Crippen molar-refractivity contribution in [1.82, 2.24) is 5.32 Å². The van der Waals surface area contributed by atoms with Gasteiger partial charge in [-0.25, -0.2) is 4.39 Å². The molecule has 1 aromatic rings. The number of amides is 1. The lowest BCUT2D eigenvalue weighted by Gasteiger charge is -2.11. The second-order valence-electron chi connectivity index (χ2n) is 3.14. The van der Waals surface area contributed by atoms with Crippen molar-refractivity contribution < 1.29 is 14.3 Å². The third-order valence-corrected chi connectivity index (χ3v) is 2.59. The topological polar surface area (TPSA) is 49.3 Å². The van der Waals surface area contributed by atoms with E-state index >= 15 is 0 Å². The smallest absolute Gasteiger partial charge is 0.243 e. The second kappa shape index (κ2) is 5.77. The summed E-state index contributed by atoms with van der Waals surface area (Å²) in [6.45, 7) is 3.34. The third-order valence-electron chi connectivity index (χ3n) is 1.98. The molecule has 0 fully saturated rings. The van der Waals surface area contributed by atoms with Crippen LogP contribution in [-0.2, 0) is 4.79 Å². The van der Waals surface area contributed by atoms with Crippen molar-refractivity contribution in [3.8, 4) is 0 Å². The van der Waals surface area contributed by atoms with Gasteiger partial charge in [0.05, 0.1) is 10.6 Å². The summed E-state index contributed by atoms with van der Waals surface area (Å²) in [5, 5.41) is 12.1.